The minimum atomic E-state index is 1.03. The minimum Gasteiger partial charge on any atom is -0.0955 e. The molecular formula is C9H12. The zero-order chi connectivity index (χ0) is 6.85. The van der Waals surface area contributed by atoms with Gasteiger partial charge in [-0.2, -0.15) is 0 Å². The van der Waals surface area contributed by atoms with Gasteiger partial charge >= 0.3 is 0 Å². The smallest absolute Gasteiger partial charge is 0.00974 e. The Morgan fingerprint density at radius 3 is 2.44 bits per heavy atom. The summed E-state index contributed by atoms with van der Waals surface area (Å²) < 4.78 is 0. The summed E-state index contributed by atoms with van der Waals surface area (Å²) in [5.41, 5.74) is 3.96. The second-order valence-corrected chi connectivity index (χ2v) is 2.58. The van der Waals surface area contributed by atoms with Gasteiger partial charge in [-0.3, -0.25) is 0 Å². The van der Waals surface area contributed by atoms with Crippen LogP contribution in [0.2, 0.25) is 0 Å². The van der Waals surface area contributed by atoms with Gasteiger partial charge in [0.2, 0.25) is 0 Å². The van der Waals surface area contributed by atoms with E-state index < -0.39 is 0 Å². The Hall–Kier alpha value is -0.780. The van der Waals surface area contributed by atoms with Crippen molar-refractivity contribution in [2.45, 2.75) is 20.3 Å². The van der Waals surface area contributed by atoms with E-state index in [1.54, 1.807) is 0 Å². The molecule has 1 aliphatic rings. The maximum Gasteiger partial charge on any atom is -0.00974 e. The third-order valence-electron chi connectivity index (χ3n) is 1.71. The van der Waals surface area contributed by atoms with E-state index in [0.29, 0.717) is 0 Å². The van der Waals surface area contributed by atoms with Gasteiger partial charge in [0.25, 0.3) is 0 Å². The zero-order valence-electron chi connectivity index (χ0n) is 6.07. The lowest BCUT2D eigenvalue weighted by molar-refractivity contribution is 1.17. The summed E-state index contributed by atoms with van der Waals surface area (Å²) >= 11 is 0. The highest BCUT2D eigenvalue weighted by Crippen LogP contribution is 2.19. The first-order valence-corrected chi connectivity index (χ1v) is 3.23. The first-order chi connectivity index (χ1) is 4.20. The number of hydrogen-bond donors (Lipinski definition) is 0. The van der Waals surface area contributed by atoms with Crippen LogP contribution >= 0.6 is 0 Å². The molecule has 0 radical (unpaired) electrons. The average molecular weight is 120 g/mol. The van der Waals surface area contributed by atoms with Crippen molar-refractivity contribution in [1.29, 1.82) is 0 Å². The fourth-order valence-electron chi connectivity index (χ4n) is 0.924. The molecule has 0 aliphatic heterocycles. The van der Waals surface area contributed by atoms with Gasteiger partial charge in [0.15, 0.2) is 0 Å². The molecule has 48 valence electrons. The van der Waals surface area contributed by atoms with Gasteiger partial charge in [-0.25, -0.2) is 0 Å². The van der Waals surface area contributed by atoms with Crippen LogP contribution in [0.15, 0.2) is 35.5 Å². The molecule has 0 saturated heterocycles. The van der Waals surface area contributed by atoms with Crippen molar-refractivity contribution in [2.24, 2.45) is 0 Å². The van der Waals surface area contributed by atoms with Gasteiger partial charge < -0.3 is 0 Å². The fourth-order valence-corrected chi connectivity index (χ4v) is 0.924. The van der Waals surface area contributed by atoms with Gasteiger partial charge in [0, 0.05) is 0 Å². The van der Waals surface area contributed by atoms with Crippen molar-refractivity contribution in [3.8, 4) is 0 Å². The van der Waals surface area contributed by atoms with E-state index >= 15 is 0 Å². The predicted octanol–water partition coefficient (Wildman–Crippen LogP) is 2.84. The average Bonchev–Trinajstić information content (AvgIpc) is 1.80. The quantitative estimate of drug-likeness (QED) is 0.461. The van der Waals surface area contributed by atoms with Gasteiger partial charge in [0.1, 0.15) is 0 Å². The third-order valence-corrected chi connectivity index (χ3v) is 1.71. The second-order valence-electron chi connectivity index (χ2n) is 2.58. The van der Waals surface area contributed by atoms with Crippen molar-refractivity contribution in [1.82, 2.24) is 0 Å². The molecule has 0 heterocycles. The highest BCUT2D eigenvalue weighted by Gasteiger charge is 1.99. The molecule has 0 aromatic rings. The van der Waals surface area contributed by atoms with Crippen molar-refractivity contribution >= 4 is 0 Å². The SMILES string of the molecule is C=C1C=C(C)C(C)=CC1. The lowest BCUT2D eigenvalue weighted by Gasteiger charge is -2.08. The molecule has 0 fully saturated rings. The summed E-state index contributed by atoms with van der Waals surface area (Å²) in [6, 6.07) is 0. The molecule has 0 saturated carbocycles. The second kappa shape index (κ2) is 2.22. The van der Waals surface area contributed by atoms with Crippen molar-refractivity contribution in [2.75, 3.05) is 0 Å². The van der Waals surface area contributed by atoms with Crippen LogP contribution in [0.4, 0.5) is 0 Å². The van der Waals surface area contributed by atoms with Crippen LogP contribution < -0.4 is 0 Å². The summed E-state index contributed by atoms with van der Waals surface area (Å²) in [6.45, 7) is 8.14. The van der Waals surface area contributed by atoms with Crippen LogP contribution in [-0.4, -0.2) is 0 Å². The zero-order valence-corrected chi connectivity index (χ0v) is 6.07. The third kappa shape index (κ3) is 1.32. The minimum absolute atomic E-state index is 1.03. The molecule has 0 nitrogen and oxygen atoms in total. The Labute approximate surface area is 56.6 Å². The molecule has 0 atom stereocenters. The van der Waals surface area contributed by atoms with Gasteiger partial charge in [-0.1, -0.05) is 29.9 Å². The lowest BCUT2D eigenvalue weighted by atomic mass is 9.98. The summed E-state index contributed by atoms with van der Waals surface area (Å²) in [4.78, 5) is 0. The van der Waals surface area contributed by atoms with Gasteiger partial charge in [-0.15, -0.1) is 0 Å². The number of allylic oxidation sites excluding steroid dienone is 5. The normalized spacial score (nSPS) is 19.1. The maximum absolute atomic E-state index is 3.88. The van der Waals surface area contributed by atoms with Crippen LogP contribution in [0, 0.1) is 0 Å². The number of rotatable bonds is 0. The van der Waals surface area contributed by atoms with E-state index in [4.69, 9.17) is 0 Å². The van der Waals surface area contributed by atoms with Crippen LogP contribution in [0.1, 0.15) is 20.3 Å². The topological polar surface area (TPSA) is 0 Å². The van der Waals surface area contributed by atoms with E-state index in [0.717, 1.165) is 6.42 Å². The number of hydrogen-bond acceptors (Lipinski definition) is 0. The predicted molar refractivity (Wildman–Crippen MR) is 41.3 cm³/mol. The Morgan fingerprint density at radius 2 is 2.00 bits per heavy atom. The molecule has 0 aromatic heterocycles. The highest BCUT2D eigenvalue weighted by atomic mass is 14.0. The summed E-state index contributed by atoms with van der Waals surface area (Å²) in [5, 5.41) is 0. The van der Waals surface area contributed by atoms with Crippen LogP contribution in [-0.2, 0) is 0 Å². The molecule has 0 unspecified atom stereocenters. The Morgan fingerprint density at radius 1 is 1.33 bits per heavy atom. The first kappa shape index (κ1) is 6.34. The first-order valence-electron chi connectivity index (χ1n) is 3.23. The van der Waals surface area contributed by atoms with Gasteiger partial charge in [0.05, 0.1) is 0 Å². The fraction of sp³-hybridized carbons (Fsp3) is 0.333. The largest absolute Gasteiger partial charge is 0.0955 e. The van der Waals surface area contributed by atoms with E-state index in [1.807, 2.05) is 0 Å². The molecule has 9 heavy (non-hydrogen) atoms. The molecule has 1 aliphatic carbocycles. The van der Waals surface area contributed by atoms with Crippen LogP contribution in [0.25, 0.3) is 0 Å². The van der Waals surface area contributed by atoms with Crippen molar-refractivity contribution in [3.05, 3.63) is 35.5 Å². The molecular weight excluding hydrogens is 108 g/mol. The Kier molecular flexibility index (Phi) is 1.56. The molecule has 0 N–H and O–H groups in total. The van der Waals surface area contributed by atoms with E-state index in [9.17, 15) is 0 Å². The maximum atomic E-state index is 3.88. The van der Waals surface area contributed by atoms with Crippen molar-refractivity contribution in [3.63, 3.8) is 0 Å². The molecule has 0 bridgehead atoms. The van der Waals surface area contributed by atoms with E-state index in [-0.39, 0.29) is 0 Å². The van der Waals surface area contributed by atoms with Gasteiger partial charge in [-0.05, 0) is 25.8 Å². The highest BCUT2D eigenvalue weighted by molar-refractivity contribution is 5.39. The van der Waals surface area contributed by atoms with E-state index in [2.05, 4.69) is 32.6 Å². The molecule has 0 amide bonds. The molecule has 0 spiro atoms. The van der Waals surface area contributed by atoms with E-state index in [1.165, 1.54) is 16.7 Å². The summed E-state index contributed by atoms with van der Waals surface area (Å²) in [5.74, 6) is 0. The van der Waals surface area contributed by atoms with Crippen LogP contribution in [0.3, 0.4) is 0 Å². The summed E-state index contributed by atoms with van der Waals surface area (Å²) in [6.07, 6.45) is 5.40. The Balaban J connectivity index is 2.87. The summed E-state index contributed by atoms with van der Waals surface area (Å²) in [7, 11) is 0. The van der Waals surface area contributed by atoms with Crippen molar-refractivity contribution < 1.29 is 0 Å². The standard InChI is InChI=1S/C9H12/c1-7-4-5-8(2)9(3)6-7/h5-6H,1,4H2,2-3H3. The Bertz CT molecular complexity index is 192. The molecule has 1 rings (SSSR count). The molecule has 0 heteroatoms. The molecule has 0 aromatic carbocycles. The lowest BCUT2D eigenvalue weighted by Crippen LogP contribution is -1.88. The monoisotopic (exact) mass is 120 g/mol. The van der Waals surface area contributed by atoms with Crippen LogP contribution in [0.5, 0.6) is 0 Å².